The molecule has 1 aliphatic rings. The van der Waals surface area contributed by atoms with Crippen molar-refractivity contribution in [2.24, 2.45) is 0 Å². The Labute approximate surface area is 136 Å². The lowest BCUT2D eigenvalue weighted by Gasteiger charge is -2.23. The summed E-state index contributed by atoms with van der Waals surface area (Å²) in [5.41, 5.74) is 0.247. The lowest BCUT2D eigenvalue weighted by atomic mass is 10.1. The normalized spacial score (nSPS) is 17.3. The maximum atomic E-state index is 13.3. The molecule has 1 aromatic carbocycles. The molecule has 1 saturated heterocycles. The van der Waals surface area contributed by atoms with Gasteiger partial charge in [-0.15, -0.1) is 10.2 Å². The van der Waals surface area contributed by atoms with Gasteiger partial charge < -0.3 is 4.90 Å². The fourth-order valence-corrected chi connectivity index (χ4v) is 3.20. The van der Waals surface area contributed by atoms with Gasteiger partial charge in [0.2, 0.25) is 11.0 Å². The smallest absolute Gasteiger partial charge is 0.254 e. The van der Waals surface area contributed by atoms with E-state index in [1.54, 1.807) is 13.0 Å². The number of nitrogens with one attached hydrogen (secondary N) is 1. The predicted molar refractivity (Wildman–Crippen MR) is 83.7 cm³/mol. The van der Waals surface area contributed by atoms with Gasteiger partial charge in [-0.05, 0) is 38.0 Å². The molecule has 2 amide bonds. The number of aryl methyl sites for hydroxylation is 1. The highest BCUT2D eigenvalue weighted by Gasteiger charge is 2.35. The fraction of sp³-hybridized carbons (Fsp3) is 0.333. The van der Waals surface area contributed by atoms with E-state index >= 15 is 0 Å². The summed E-state index contributed by atoms with van der Waals surface area (Å²) in [4.78, 5) is 26.4. The minimum atomic E-state index is -0.574. The van der Waals surface area contributed by atoms with Gasteiger partial charge in [0.15, 0.2) is 0 Å². The van der Waals surface area contributed by atoms with Gasteiger partial charge in [-0.25, -0.2) is 4.39 Å². The molecular formula is C15H15FN4O2S. The van der Waals surface area contributed by atoms with Crippen LogP contribution in [0.3, 0.4) is 0 Å². The van der Waals surface area contributed by atoms with Crippen LogP contribution in [0.2, 0.25) is 0 Å². The second kappa shape index (κ2) is 6.41. The summed E-state index contributed by atoms with van der Waals surface area (Å²) in [6.45, 7) is 2.27. The number of carbonyl (C=O) groups is 2. The molecule has 0 spiro atoms. The summed E-state index contributed by atoms with van der Waals surface area (Å²) < 4.78 is 13.3. The molecule has 1 N–H and O–H groups in total. The molecule has 0 aliphatic carbocycles. The quantitative estimate of drug-likeness (QED) is 0.934. The molecule has 1 unspecified atom stereocenters. The molecule has 0 radical (unpaired) electrons. The fourth-order valence-electron chi connectivity index (χ4n) is 2.61. The third-order valence-electron chi connectivity index (χ3n) is 3.64. The van der Waals surface area contributed by atoms with Crippen LogP contribution in [0, 0.1) is 12.7 Å². The molecule has 2 aromatic rings. The third kappa shape index (κ3) is 3.37. The van der Waals surface area contributed by atoms with Crippen LogP contribution in [0.15, 0.2) is 24.3 Å². The number of carbonyl (C=O) groups excluding carboxylic acids is 2. The molecule has 1 aliphatic heterocycles. The predicted octanol–water partition coefficient (Wildman–Crippen LogP) is 2.23. The van der Waals surface area contributed by atoms with Gasteiger partial charge >= 0.3 is 0 Å². The summed E-state index contributed by atoms with van der Waals surface area (Å²) in [6.07, 6.45) is 1.30. The molecule has 2 heterocycles. The first kappa shape index (κ1) is 15.5. The van der Waals surface area contributed by atoms with Gasteiger partial charge in [0.1, 0.15) is 16.9 Å². The van der Waals surface area contributed by atoms with E-state index in [1.165, 1.54) is 34.4 Å². The summed E-state index contributed by atoms with van der Waals surface area (Å²) >= 11 is 1.28. The summed E-state index contributed by atoms with van der Waals surface area (Å²) in [7, 11) is 0. The van der Waals surface area contributed by atoms with Crippen LogP contribution in [-0.2, 0) is 4.79 Å². The van der Waals surface area contributed by atoms with E-state index in [9.17, 15) is 14.0 Å². The number of halogens is 1. The van der Waals surface area contributed by atoms with Crippen LogP contribution in [0.1, 0.15) is 28.2 Å². The highest BCUT2D eigenvalue weighted by atomic mass is 32.1. The Kier molecular flexibility index (Phi) is 4.33. The van der Waals surface area contributed by atoms with Crippen molar-refractivity contribution in [2.75, 3.05) is 11.9 Å². The van der Waals surface area contributed by atoms with E-state index < -0.39 is 11.9 Å². The monoisotopic (exact) mass is 334 g/mol. The second-order valence-electron chi connectivity index (χ2n) is 5.28. The first-order chi connectivity index (χ1) is 11.0. The van der Waals surface area contributed by atoms with Crippen molar-refractivity contribution in [1.82, 2.24) is 15.1 Å². The van der Waals surface area contributed by atoms with E-state index in [0.717, 1.165) is 11.4 Å². The highest BCUT2D eigenvalue weighted by molar-refractivity contribution is 7.15. The van der Waals surface area contributed by atoms with Crippen LogP contribution in [0.4, 0.5) is 9.52 Å². The minimum absolute atomic E-state index is 0.247. The van der Waals surface area contributed by atoms with Crippen LogP contribution < -0.4 is 5.32 Å². The molecule has 1 aromatic heterocycles. The topological polar surface area (TPSA) is 75.2 Å². The van der Waals surface area contributed by atoms with E-state index in [4.69, 9.17) is 0 Å². The Morgan fingerprint density at radius 3 is 2.91 bits per heavy atom. The van der Waals surface area contributed by atoms with Gasteiger partial charge in [-0.2, -0.15) is 0 Å². The maximum absolute atomic E-state index is 13.3. The van der Waals surface area contributed by atoms with E-state index in [2.05, 4.69) is 15.5 Å². The van der Waals surface area contributed by atoms with Gasteiger partial charge in [-0.3, -0.25) is 14.9 Å². The largest absolute Gasteiger partial charge is 0.327 e. The third-order valence-corrected chi connectivity index (χ3v) is 4.40. The highest BCUT2D eigenvalue weighted by Crippen LogP contribution is 2.23. The summed E-state index contributed by atoms with van der Waals surface area (Å²) in [5.74, 6) is -1.10. The number of rotatable bonds is 3. The average Bonchev–Trinajstić information content (AvgIpc) is 3.15. The van der Waals surface area contributed by atoms with Crippen molar-refractivity contribution < 1.29 is 14.0 Å². The number of hydrogen-bond donors (Lipinski definition) is 1. The van der Waals surface area contributed by atoms with Crippen LogP contribution in [0.25, 0.3) is 0 Å². The lowest BCUT2D eigenvalue weighted by Crippen LogP contribution is -2.43. The Bertz CT molecular complexity index is 749. The van der Waals surface area contributed by atoms with Crippen molar-refractivity contribution >= 4 is 28.3 Å². The van der Waals surface area contributed by atoms with E-state index in [0.29, 0.717) is 18.1 Å². The first-order valence-electron chi connectivity index (χ1n) is 7.22. The lowest BCUT2D eigenvalue weighted by molar-refractivity contribution is -0.119. The number of amides is 2. The summed E-state index contributed by atoms with van der Waals surface area (Å²) in [6, 6.07) is 4.92. The molecule has 3 rings (SSSR count). The molecule has 1 atom stereocenters. The molecule has 8 heteroatoms. The van der Waals surface area contributed by atoms with Crippen molar-refractivity contribution in [3.05, 3.63) is 40.7 Å². The zero-order chi connectivity index (χ0) is 16.4. The standard InChI is InChI=1S/C15H15FN4O2S/c1-9-18-19-15(23-9)17-13(21)12-6-3-7-20(12)14(22)10-4-2-5-11(16)8-10/h2,4-5,8,12H,3,6-7H2,1H3,(H,17,19,21). The van der Waals surface area contributed by atoms with Crippen molar-refractivity contribution in [3.8, 4) is 0 Å². The van der Waals surface area contributed by atoms with Gasteiger partial charge in [0, 0.05) is 12.1 Å². The Hall–Kier alpha value is -2.35. The number of aromatic nitrogens is 2. The number of anilines is 1. The van der Waals surface area contributed by atoms with Gasteiger partial charge in [0.25, 0.3) is 5.91 Å². The summed E-state index contributed by atoms with van der Waals surface area (Å²) in [5, 5.41) is 11.5. The zero-order valence-electron chi connectivity index (χ0n) is 12.5. The van der Waals surface area contributed by atoms with Gasteiger partial charge in [-0.1, -0.05) is 17.4 Å². The Morgan fingerprint density at radius 2 is 2.22 bits per heavy atom. The van der Waals surface area contributed by atoms with Crippen LogP contribution in [0.5, 0.6) is 0 Å². The van der Waals surface area contributed by atoms with Crippen molar-refractivity contribution in [2.45, 2.75) is 25.8 Å². The zero-order valence-corrected chi connectivity index (χ0v) is 13.3. The molecule has 23 heavy (non-hydrogen) atoms. The number of hydrogen-bond acceptors (Lipinski definition) is 5. The molecule has 1 fully saturated rings. The van der Waals surface area contributed by atoms with E-state index in [1.807, 2.05) is 0 Å². The number of benzene rings is 1. The number of likely N-dealkylation sites (tertiary alicyclic amines) is 1. The molecular weight excluding hydrogens is 319 g/mol. The second-order valence-corrected chi connectivity index (χ2v) is 6.46. The molecule has 0 saturated carbocycles. The maximum Gasteiger partial charge on any atom is 0.254 e. The molecule has 6 nitrogen and oxygen atoms in total. The van der Waals surface area contributed by atoms with Crippen LogP contribution in [-0.4, -0.2) is 39.5 Å². The molecule has 120 valence electrons. The van der Waals surface area contributed by atoms with Crippen molar-refractivity contribution in [1.29, 1.82) is 0 Å². The van der Waals surface area contributed by atoms with Crippen LogP contribution >= 0.6 is 11.3 Å². The SMILES string of the molecule is Cc1nnc(NC(=O)C2CCCN2C(=O)c2cccc(F)c2)s1. The van der Waals surface area contributed by atoms with Gasteiger partial charge in [0.05, 0.1) is 0 Å². The molecule has 0 bridgehead atoms. The average molecular weight is 334 g/mol. The Morgan fingerprint density at radius 1 is 1.39 bits per heavy atom. The minimum Gasteiger partial charge on any atom is -0.327 e. The van der Waals surface area contributed by atoms with E-state index in [-0.39, 0.29) is 17.4 Å². The van der Waals surface area contributed by atoms with Crippen molar-refractivity contribution in [3.63, 3.8) is 0 Å². The Balaban J connectivity index is 1.74. The first-order valence-corrected chi connectivity index (χ1v) is 8.04. The number of nitrogens with zero attached hydrogens (tertiary/aromatic N) is 3.